The molecule has 0 saturated carbocycles. The van der Waals surface area contributed by atoms with E-state index in [0.29, 0.717) is 11.4 Å². The van der Waals surface area contributed by atoms with E-state index < -0.39 is 9.84 Å². The molecule has 1 heterocycles. The second kappa shape index (κ2) is 6.94. The van der Waals surface area contributed by atoms with Crippen molar-refractivity contribution in [2.75, 3.05) is 23.9 Å². The normalized spacial score (nSPS) is 11.3. The van der Waals surface area contributed by atoms with Crippen LogP contribution in [-0.4, -0.2) is 42.2 Å². The van der Waals surface area contributed by atoms with E-state index in [1.807, 2.05) is 13.8 Å². The van der Waals surface area contributed by atoms with Crippen molar-refractivity contribution in [3.8, 4) is 0 Å². The first-order valence-corrected chi connectivity index (χ1v) is 8.86. The van der Waals surface area contributed by atoms with E-state index in [4.69, 9.17) is 18.0 Å². The third kappa shape index (κ3) is 4.38. The van der Waals surface area contributed by atoms with Crippen LogP contribution in [0.2, 0.25) is 0 Å². The van der Waals surface area contributed by atoms with E-state index in [2.05, 4.69) is 15.5 Å². The summed E-state index contributed by atoms with van der Waals surface area (Å²) in [5.41, 5.74) is 8.28. The molecule has 0 spiro atoms. The van der Waals surface area contributed by atoms with Crippen LogP contribution in [0.4, 0.5) is 5.82 Å². The fraction of sp³-hybridized carbons (Fsp3) is 0.583. The fourth-order valence-electron chi connectivity index (χ4n) is 1.92. The van der Waals surface area contributed by atoms with Gasteiger partial charge >= 0.3 is 0 Å². The maximum atomic E-state index is 11.1. The van der Waals surface area contributed by atoms with E-state index in [0.717, 1.165) is 24.1 Å². The summed E-state index contributed by atoms with van der Waals surface area (Å²) in [7, 11) is -3.03. The second-order valence-electron chi connectivity index (χ2n) is 4.48. The van der Waals surface area contributed by atoms with Crippen LogP contribution < -0.4 is 11.1 Å². The van der Waals surface area contributed by atoms with Crippen LogP contribution in [0.1, 0.15) is 30.7 Å². The molecule has 1 aromatic heterocycles. The summed E-state index contributed by atoms with van der Waals surface area (Å²) >= 11 is 5.09. The molecule has 0 bridgehead atoms. The summed E-state index contributed by atoms with van der Waals surface area (Å²) in [5.74, 6) is 0.470. The van der Waals surface area contributed by atoms with Crippen LogP contribution in [0, 0.1) is 0 Å². The number of nitrogens with zero attached hydrogens (tertiary/aromatic N) is 2. The molecule has 0 aromatic carbocycles. The van der Waals surface area contributed by atoms with Gasteiger partial charge in [0.25, 0.3) is 0 Å². The number of anilines is 1. The van der Waals surface area contributed by atoms with Crippen molar-refractivity contribution in [1.29, 1.82) is 0 Å². The molecule has 1 rings (SSSR count). The first kappa shape index (κ1) is 16.8. The lowest BCUT2D eigenvalue weighted by atomic mass is 10.0. The topological polar surface area (TPSA) is 98.0 Å². The summed E-state index contributed by atoms with van der Waals surface area (Å²) in [6.45, 7) is 4.24. The number of hydrogen-bond acceptors (Lipinski definition) is 6. The molecule has 0 fully saturated rings. The number of thiocarbonyl (C=S) groups is 1. The monoisotopic (exact) mass is 316 g/mol. The fourth-order valence-corrected chi connectivity index (χ4v) is 2.61. The van der Waals surface area contributed by atoms with Crippen molar-refractivity contribution in [3.63, 3.8) is 0 Å². The van der Waals surface area contributed by atoms with Crippen LogP contribution in [-0.2, 0) is 22.7 Å². The van der Waals surface area contributed by atoms with Gasteiger partial charge in [0, 0.05) is 12.8 Å². The second-order valence-corrected chi connectivity index (χ2v) is 7.18. The number of nitrogens with one attached hydrogen (secondary N) is 1. The Bertz CT molecular complexity index is 600. The maximum absolute atomic E-state index is 11.1. The first-order valence-electron chi connectivity index (χ1n) is 6.40. The van der Waals surface area contributed by atoms with Crippen molar-refractivity contribution in [1.82, 2.24) is 10.2 Å². The standard InChI is InChI=1S/C12H20N4O2S2/c1-4-8-9(5-2)15-16-12(10(8)11(13)19)14-6-7-20(3,17)18/h4-7H2,1-3H3,(H2,13,19)(H,14,16). The summed E-state index contributed by atoms with van der Waals surface area (Å²) in [5, 5.41) is 11.2. The predicted molar refractivity (Wildman–Crippen MR) is 84.9 cm³/mol. The van der Waals surface area contributed by atoms with E-state index in [1.54, 1.807) is 0 Å². The Labute approximate surface area is 125 Å². The number of aryl methyl sites for hydroxylation is 1. The molecule has 20 heavy (non-hydrogen) atoms. The highest BCUT2D eigenvalue weighted by Crippen LogP contribution is 2.20. The molecule has 0 radical (unpaired) electrons. The lowest BCUT2D eigenvalue weighted by Crippen LogP contribution is -2.22. The van der Waals surface area contributed by atoms with Gasteiger partial charge in [-0.15, -0.1) is 5.10 Å². The SMILES string of the molecule is CCc1nnc(NCCS(C)(=O)=O)c(C(N)=S)c1CC. The van der Waals surface area contributed by atoms with Crippen molar-refractivity contribution in [2.45, 2.75) is 26.7 Å². The molecule has 0 saturated heterocycles. The third-order valence-corrected chi connectivity index (χ3v) is 4.01. The number of rotatable bonds is 7. The molecular weight excluding hydrogens is 296 g/mol. The largest absolute Gasteiger partial charge is 0.389 e. The zero-order valence-electron chi connectivity index (χ0n) is 11.9. The van der Waals surface area contributed by atoms with Crippen LogP contribution in [0.5, 0.6) is 0 Å². The molecule has 1 aromatic rings. The molecule has 0 unspecified atom stereocenters. The van der Waals surface area contributed by atoms with Crippen molar-refractivity contribution < 1.29 is 8.42 Å². The van der Waals surface area contributed by atoms with Gasteiger partial charge in [-0.25, -0.2) is 8.42 Å². The summed E-state index contributed by atoms with van der Waals surface area (Å²) in [6.07, 6.45) is 2.67. The lowest BCUT2D eigenvalue weighted by molar-refractivity contribution is 0.602. The van der Waals surface area contributed by atoms with Gasteiger partial charge in [0.2, 0.25) is 0 Å². The van der Waals surface area contributed by atoms with Gasteiger partial charge in [0.1, 0.15) is 14.8 Å². The van der Waals surface area contributed by atoms with Gasteiger partial charge in [-0.2, -0.15) is 5.10 Å². The summed E-state index contributed by atoms with van der Waals surface area (Å²) in [4.78, 5) is 0.244. The van der Waals surface area contributed by atoms with Crippen LogP contribution in [0.25, 0.3) is 0 Å². The van der Waals surface area contributed by atoms with Gasteiger partial charge in [-0.05, 0) is 18.4 Å². The van der Waals surface area contributed by atoms with Gasteiger partial charge < -0.3 is 11.1 Å². The number of sulfone groups is 1. The van der Waals surface area contributed by atoms with E-state index in [9.17, 15) is 8.42 Å². The molecule has 3 N–H and O–H groups in total. The minimum Gasteiger partial charge on any atom is -0.389 e. The Morgan fingerprint density at radius 2 is 1.95 bits per heavy atom. The Hall–Kier alpha value is -1.28. The lowest BCUT2D eigenvalue weighted by Gasteiger charge is -2.15. The Balaban J connectivity index is 3.10. The molecule has 0 aliphatic carbocycles. The van der Waals surface area contributed by atoms with Gasteiger partial charge in [-0.3, -0.25) is 0 Å². The van der Waals surface area contributed by atoms with Crippen molar-refractivity contribution in [2.24, 2.45) is 5.73 Å². The van der Waals surface area contributed by atoms with Gasteiger partial charge in [0.15, 0.2) is 5.82 Å². The zero-order valence-corrected chi connectivity index (χ0v) is 13.6. The molecule has 0 aliphatic rings. The number of hydrogen-bond donors (Lipinski definition) is 2. The Kier molecular flexibility index (Phi) is 5.82. The van der Waals surface area contributed by atoms with Crippen LogP contribution >= 0.6 is 12.2 Å². The van der Waals surface area contributed by atoms with E-state index in [-0.39, 0.29) is 17.3 Å². The highest BCUT2D eigenvalue weighted by atomic mass is 32.2. The van der Waals surface area contributed by atoms with E-state index >= 15 is 0 Å². The quantitative estimate of drug-likeness (QED) is 0.714. The molecule has 6 nitrogen and oxygen atoms in total. The number of aromatic nitrogens is 2. The van der Waals surface area contributed by atoms with Gasteiger partial charge in [0.05, 0.1) is 17.0 Å². The van der Waals surface area contributed by atoms with Crippen LogP contribution in [0.15, 0.2) is 0 Å². The molecule has 0 amide bonds. The molecule has 0 atom stereocenters. The molecule has 112 valence electrons. The van der Waals surface area contributed by atoms with Gasteiger partial charge in [-0.1, -0.05) is 26.1 Å². The highest BCUT2D eigenvalue weighted by Gasteiger charge is 2.16. The Morgan fingerprint density at radius 1 is 1.30 bits per heavy atom. The van der Waals surface area contributed by atoms with Crippen molar-refractivity contribution in [3.05, 3.63) is 16.8 Å². The number of nitrogens with two attached hydrogens (primary N) is 1. The predicted octanol–water partition coefficient (Wildman–Crippen LogP) is 0.692. The highest BCUT2D eigenvalue weighted by molar-refractivity contribution is 7.90. The minimum atomic E-state index is -3.03. The summed E-state index contributed by atoms with van der Waals surface area (Å²) in [6, 6.07) is 0. The zero-order chi connectivity index (χ0) is 15.3. The first-order chi connectivity index (χ1) is 9.30. The minimum absolute atomic E-state index is 0.0163. The molecule has 8 heteroatoms. The van der Waals surface area contributed by atoms with Crippen molar-refractivity contribution >= 4 is 32.9 Å². The summed E-state index contributed by atoms with van der Waals surface area (Å²) < 4.78 is 22.3. The molecule has 0 aliphatic heterocycles. The van der Waals surface area contributed by atoms with E-state index in [1.165, 1.54) is 6.26 Å². The average molecular weight is 316 g/mol. The van der Waals surface area contributed by atoms with Crippen LogP contribution in [0.3, 0.4) is 0 Å². The average Bonchev–Trinajstić information content (AvgIpc) is 2.35. The molecular formula is C12H20N4O2S2. The smallest absolute Gasteiger partial charge is 0.159 e. The Morgan fingerprint density at radius 3 is 2.40 bits per heavy atom. The third-order valence-electron chi connectivity index (χ3n) is 2.86. The maximum Gasteiger partial charge on any atom is 0.159 e.